The molecule has 0 bridgehead atoms. The van der Waals surface area contributed by atoms with Crippen LogP contribution in [-0.2, 0) is 171 Å². The predicted octanol–water partition coefficient (Wildman–Crippen LogP) is 17.2. The summed E-state index contributed by atoms with van der Waals surface area (Å²) >= 11 is 0. The zero-order valence-corrected chi connectivity index (χ0v) is 90.7. The summed E-state index contributed by atoms with van der Waals surface area (Å²) in [7, 11) is 0. The SMILES string of the molecule is CCCC(=O)OCC(COCC(COC(=O)CCC)(COC(=O)CC(=O)OCC(COCC(COC(=O)CCC)(COC(=O)CCC)COC(=O)CCC)(COC(=O)CCC)COC(C)(CC)CC(COC(=O)CCC)(COC(=O)CCC)COC(CC)(CC)C(=O)CCC)COC(C)(C)CC(COC(=O)CCC)(COC(=O)CCC)COC(CC)(CC)C(=O)CCC)(COC(=O)CCC)COC(=O)CCC. The van der Waals surface area contributed by atoms with Crippen LogP contribution in [0.2, 0.25) is 0 Å². The molecule has 0 aromatic rings. The van der Waals surface area contributed by atoms with Crippen LogP contribution in [0.4, 0.5) is 0 Å². The highest BCUT2D eigenvalue weighted by atomic mass is 16.6. The molecule has 0 N–H and O–H groups in total. The Balaban J connectivity index is 9.87. The summed E-state index contributed by atoms with van der Waals surface area (Å²) in [5, 5.41) is 0. The van der Waals surface area contributed by atoms with Crippen molar-refractivity contribution in [2.45, 2.75) is 406 Å². The van der Waals surface area contributed by atoms with Crippen LogP contribution in [0.5, 0.6) is 0 Å². The highest BCUT2D eigenvalue weighted by Crippen LogP contribution is 2.42. The fourth-order valence-corrected chi connectivity index (χ4v) is 15.4. The molecule has 0 aliphatic rings. The average Bonchev–Trinajstić information content (AvgIpc) is 0.798. The maximum absolute atomic E-state index is 15.2. The topological polar surface area (TPSA) is 458 Å². The lowest BCUT2D eigenvalue weighted by Crippen LogP contribution is -2.51. The van der Waals surface area contributed by atoms with Crippen molar-refractivity contribution < 1.29 is 171 Å². The van der Waals surface area contributed by atoms with Gasteiger partial charge in [-0.15, -0.1) is 0 Å². The number of esters is 14. The molecule has 0 saturated heterocycles. The first-order chi connectivity index (χ1) is 67.4. The van der Waals surface area contributed by atoms with Gasteiger partial charge in [0.25, 0.3) is 0 Å². The highest BCUT2D eigenvalue weighted by molar-refractivity contribution is 5.91. The molecule has 0 spiro atoms. The third-order valence-corrected chi connectivity index (χ3v) is 24.3. The van der Waals surface area contributed by atoms with Crippen molar-refractivity contribution in [3.05, 3.63) is 0 Å². The molecule has 0 radical (unpaired) electrons. The summed E-state index contributed by atoms with van der Waals surface area (Å²) in [6.07, 6.45) is 4.90. The average molecular weight is 2030 g/mol. The van der Waals surface area contributed by atoms with E-state index in [2.05, 4.69) is 0 Å². The Morgan fingerprint density at radius 2 is 0.338 bits per heavy atom. The smallest absolute Gasteiger partial charge is 0.317 e. The largest absolute Gasteiger partial charge is 0.465 e. The van der Waals surface area contributed by atoms with E-state index in [4.69, 9.17) is 94.7 Å². The van der Waals surface area contributed by atoms with Crippen LogP contribution in [0, 0.1) is 32.5 Å². The number of carbonyl (C=O) groups is 16. The third-order valence-electron chi connectivity index (χ3n) is 24.3. The van der Waals surface area contributed by atoms with Gasteiger partial charge in [0.2, 0.25) is 0 Å². The van der Waals surface area contributed by atoms with E-state index in [-0.39, 0.29) is 160 Å². The maximum Gasteiger partial charge on any atom is 0.317 e. The molecule has 0 saturated carbocycles. The van der Waals surface area contributed by atoms with Crippen LogP contribution >= 0.6 is 0 Å². The van der Waals surface area contributed by atoms with E-state index >= 15 is 9.59 Å². The molecule has 0 fully saturated rings. The number of hydrogen-bond acceptors (Lipinski definition) is 36. The first-order valence-electron chi connectivity index (χ1n) is 52.3. The van der Waals surface area contributed by atoms with Gasteiger partial charge in [-0.3, -0.25) is 76.7 Å². The van der Waals surface area contributed by atoms with E-state index in [1.165, 1.54) is 0 Å². The van der Waals surface area contributed by atoms with E-state index in [0.717, 1.165) is 0 Å². The van der Waals surface area contributed by atoms with Crippen molar-refractivity contribution >= 4 is 95.1 Å². The van der Waals surface area contributed by atoms with E-state index in [1.807, 2.05) is 41.5 Å². The van der Waals surface area contributed by atoms with Gasteiger partial charge in [0.1, 0.15) is 110 Å². The van der Waals surface area contributed by atoms with Gasteiger partial charge in [-0.2, -0.15) is 0 Å². The molecule has 3 atom stereocenters. The Morgan fingerprint density at radius 1 is 0.169 bits per heavy atom. The molecule has 36 nitrogen and oxygen atoms in total. The van der Waals surface area contributed by atoms with Gasteiger partial charge >= 0.3 is 83.6 Å². The second-order valence-electron chi connectivity index (χ2n) is 39.2. The van der Waals surface area contributed by atoms with E-state index < -0.39 is 277 Å². The molecule has 0 aromatic heterocycles. The molecule has 0 aliphatic heterocycles. The van der Waals surface area contributed by atoms with Crippen LogP contribution in [0.3, 0.4) is 0 Å². The molecular formula is C106H182O36. The summed E-state index contributed by atoms with van der Waals surface area (Å²) in [5.74, 6) is -10.7. The summed E-state index contributed by atoms with van der Waals surface area (Å²) in [5.41, 5.74) is -15.9. The third kappa shape index (κ3) is 53.7. The van der Waals surface area contributed by atoms with Crippen molar-refractivity contribution in [3.63, 3.8) is 0 Å². The van der Waals surface area contributed by atoms with E-state index in [9.17, 15) is 67.1 Å². The number of hydrogen-bond donors (Lipinski definition) is 0. The predicted molar refractivity (Wildman–Crippen MR) is 525 cm³/mol. The fourth-order valence-electron chi connectivity index (χ4n) is 15.4. The zero-order chi connectivity index (χ0) is 107. The summed E-state index contributed by atoms with van der Waals surface area (Å²) in [4.78, 5) is 222. The molecule has 142 heavy (non-hydrogen) atoms. The van der Waals surface area contributed by atoms with Crippen LogP contribution in [0.25, 0.3) is 0 Å². The Hall–Kier alpha value is -8.32. The molecule has 0 aromatic carbocycles. The van der Waals surface area contributed by atoms with Gasteiger partial charge in [0.05, 0.1) is 96.5 Å². The monoisotopic (exact) mass is 2030 g/mol. The van der Waals surface area contributed by atoms with Gasteiger partial charge in [-0.05, 0) is 156 Å². The minimum absolute atomic E-state index is 0.00708. The van der Waals surface area contributed by atoms with Crippen molar-refractivity contribution in [3.8, 4) is 0 Å². The Bertz CT molecular complexity index is 3560. The minimum Gasteiger partial charge on any atom is -0.465 e. The van der Waals surface area contributed by atoms with Gasteiger partial charge in [0.15, 0.2) is 11.6 Å². The molecule has 0 heterocycles. The Labute approximate surface area is 846 Å². The fraction of sp³-hybridized carbons (Fsp3) is 0.849. The first-order valence-corrected chi connectivity index (χ1v) is 52.3. The molecule has 36 heteroatoms. The Morgan fingerprint density at radius 3 is 0.528 bits per heavy atom. The van der Waals surface area contributed by atoms with Crippen molar-refractivity contribution in [1.82, 2.24) is 0 Å². The van der Waals surface area contributed by atoms with Crippen molar-refractivity contribution in [2.75, 3.05) is 145 Å². The quantitative estimate of drug-likeness (QED) is 0.0310. The van der Waals surface area contributed by atoms with E-state index in [0.29, 0.717) is 89.9 Å². The van der Waals surface area contributed by atoms with Crippen LogP contribution in [-0.4, -0.2) is 263 Å². The number of rotatable bonds is 89. The van der Waals surface area contributed by atoms with E-state index in [1.54, 1.807) is 111 Å². The lowest BCUT2D eigenvalue weighted by Gasteiger charge is -2.44. The minimum atomic E-state index is -1.92. The number of ketones is 2. The number of carbonyl (C=O) groups excluding carboxylic acids is 16. The summed E-state index contributed by atoms with van der Waals surface area (Å²) in [6, 6.07) is 0. The zero-order valence-electron chi connectivity index (χ0n) is 90.7. The van der Waals surface area contributed by atoms with Crippen LogP contribution < -0.4 is 0 Å². The molecule has 0 amide bonds. The molecule has 822 valence electrons. The molecular weight excluding hydrogens is 1850 g/mol. The lowest BCUT2D eigenvalue weighted by atomic mass is 9.77. The van der Waals surface area contributed by atoms with Crippen molar-refractivity contribution in [2.24, 2.45) is 32.5 Å². The summed E-state index contributed by atoms with van der Waals surface area (Å²) < 4.78 is 125. The van der Waals surface area contributed by atoms with Gasteiger partial charge in [-0.25, -0.2) is 0 Å². The highest BCUT2D eigenvalue weighted by Gasteiger charge is 2.51. The molecule has 3 unspecified atom stereocenters. The van der Waals surface area contributed by atoms with Crippen molar-refractivity contribution in [1.29, 1.82) is 0 Å². The second-order valence-corrected chi connectivity index (χ2v) is 39.2. The normalized spacial score (nSPS) is 13.3. The number of ether oxygens (including phenoxy) is 20. The Kier molecular flexibility index (Phi) is 68.6. The number of Topliss-reactive ketones (excluding diaryl/α,β-unsaturated/α-hetero) is 2. The molecule has 0 aliphatic carbocycles. The second kappa shape index (κ2) is 72.9. The van der Waals surface area contributed by atoms with Crippen LogP contribution in [0.1, 0.15) is 383 Å². The maximum atomic E-state index is 15.2. The van der Waals surface area contributed by atoms with Gasteiger partial charge < -0.3 is 94.7 Å². The summed E-state index contributed by atoms with van der Waals surface area (Å²) in [6.45, 7) is 26.6. The standard InChI is InChI=1S/C106H182O36/c1-23-42-81(107)105(38-16,39-17)141-77-99(63-125-83(109)44-25-3,64-126-84(110)45-26-4)57-97(20,21)139-79-103(73-135-93(119)54-35-13,61-123-59-101(67-129-87(113)48-29-7,68-130-88(114)49-30-8)69-131-89(115)50-31-9)75-137-95(121)56-96(122)138-76-104(74-136-94(120)55-36-14,62-124-60-102(70-132-90(116)51-32-10,71-133-91(117)52-33-11)72-134-92(118)53-34-12)80-140-98(22,37-15)58-100(65-127-85(111)46-27-5,66-128-86(112)47-28-6)78-142-106(40-18,41-19)82(108)43-24-2/h23-80H2,1-22H3. The lowest BCUT2D eigenvalue weighted by molar-refractivity contribution is -0.194. The first kappa shape index (κ1) is 134. The van der Waals surface area contributed by atoms with Crippen LogP contribution in [0.15, 0.2) is 0 Å². The molecule has 0 rings (SSSR count). The van der Waals surface area contributed by atoms with Gasteiger partial charge in [-0.1, -0.05) is 132 Å². The van der Waals surface area contributed by atoms with Gasteiger partial charge in [0, 0.05) is 89.9 Å².